The van der Waals surface area contributed by atoms with E-state index in [2.05, 4.69) is 10.3 Å². The first kappa shape index (κ1) is 16.9. The molecule has 0 spiro atoms. The van der Waals surface area contributed by atoms with E-state index >= 15 is 0 Å². The molecule has 1 saturated carbocycles. The number of pyridine rings is 1. The summed E-state index contributed by atoms with van der Waals surface area (Å²) < 4.78 is 5.33. The minimum atomic E-state index is -0.614. The first-order valence-electron chi connectivity index (χ1n) is 8.10. The summed E-state index contributed by atoms with van der Waals surface area (Å²) >= 11 is 0. The van der Waals surface area contributed by atoms with Gasteiger partial charge in [-0.3, -0.25) is 9.78 Å². The Morgan fingerprint density at radius 2 is 2.09 bits per heavy atom. The molecule has 22 heavy (non-hydrogen) atoms. The summed E-state index contributed by atoms with van der Waals surface area (Å²) in [7, 11) is 1.62. The van der Waals surface area contributed by atoms with Gasteiger partial charge in [-0.2, -0.15) is 0 Å². The minimum absolute atomic E-state index is 0.00913. The Balaban J connectivity index is 1.75. The molecule has 0 aromatic carbocycles. The lowest BCUT2D eigenvalue weighted by molar-refractivity contribution is -0.123. The van der Waals surface area contributed by atoms with Crippen LogP contribution in [-0.2, 0) is 16.0 Å². The highest BCUT2D eigenvalue weighted by molar-refractivity contribution is 5.76. The number of aliphatic hydroxyl groups is 1. The molecule has 0 aliphatic heterocycles. The fourth-order valence-corrected chi connectivity index (χ4v) is 3.01. The number of nitrogens with zero attached hydrogens (tertiary/aromatic N) is 1. The zero-order valence-electron chi connectivity index (χ0n) is 13.2. The maximum Gasteiger partial charge on any atom is 0.220 e. The van der Waals surface area contributed by atoms with Crippen LogP contribution in [0.2, 0.25) is 0 Å². The molecule has 1 fully saturated rings. The van der Waals surface area contributed by atoms with Gasteiger partial charge in [-0.1, -0.05) is 12.8 Å². The molecule has 1 aromatic rings. The van der Waals surface area contributed by atoms with Crippen LogP contribution < -0.4 is 5.32 Å². The molecule has 1 amide bonds. The third kappa shape index (κ3) is 5.07. The third-order valence-electron chi connectivity index (χ3n) is 4.31. The van der Waals surface area contributed by atoms with Crippen molar-refractivity contribution >= 4 is 5.91 Å². The summed E-state index contributed by atoms with van der Waals surface area (Å²) in [5, 5.41) is 13.3. The minimum Gasteiger partial charge on any atom is -0.388 e. The predicted octanol–water partition coefficient (Wildman–Crippen LogP) is 1.84. The second-order valence-electron chi connectivity index (χ2n) is 5.93. The van der Waals surface area contributed by atoms with Crippen molar-refractivity contribution < 1.29 is 14.6 Å². The Kier molecular flexibility index (Phi) is 6.80. The Bertz CT molecular complexity index is 452. The van der Waals surface area contributed by atoms with Gasteiger partial charge in [0.25, 0.3) is 0 Å². The number of amides is 1. The van der Waals surface area contributed by atoms with Crippen LogP contribution >= 0.6 is 0 Å². The average molecular weight is 306 g/mol. The largest absolute Gasteiger partial charge is 0.388 e. The van der Waals surface area contributed by atoms with Crippen LogP contribution in [0.15, 0.2) is 24.5 Å². The SMILES string of the molecule is CO[C@@H]1CCCC[C@@H](NC(=O)CCCc2ccncc2)[C@H]1O. The highest BCUT2D eigenvalue weighted by atomic mass is 16.5. The van der Waals surface area contributed by atoms with Gasteiger partial charge in [-0.05, 0) is 43.4 Å². The van der Waals surface area contributed by atoms with E-state index in [0.29, 0.717) is 6.42 Å². The lowest BCUT2D eigenvalue weighted by atomic mass is 10.0. The second kappa shape index (κ2) is 8.86. The van der Waals surface area contributed by atoms with Gasteiger partial charge in [0.05, 0.1) is 12.1 Å². The number of carbonyl (C=O) groups is 1. The van der Waals surface area contributed by atoms with E-state index in [-0.39, 0.29) is 18.1 Å². The molecule has 0 bridgehead atoms. The summed E-state index contributed by atoms with van der Waals surface area (Å²) in [5.41, 5.74) is 1.19. The quantitative estimate of drug-likeness (QED) is 0.787. The van der Waals surface area contributed by atoms with Gasteiger partial charge < -0.3 is 15.2 Å². The van der Waals surface area contributed by atoms with Crippen molar-refractivity contribution in [3.05, 3.63) is 30.1 Å². The van der Waals surface area contributed by atoms with E-state index in [1.165, 1.54) is 5.56 Å². The monoisotopic (exact) mass is 306 g/mol. The van der Waals surface area contributed by atoms with Crippen LogP contribution in [0.4, 0.5) is 0 Å². The van der Waals surface area contributed by atoms with E-state index in [0.717, 1.165) is 38.5 Å². The van der Waals surface area contributed by atoms with Crippen molar-refractivity contribution in [1.29, 1.82) is 0 Å². The van der Waals surface area contributed by atoms with Gasteiger partial charge >= 0.3 is 0 Å². The third-order valence-corrected chi connectivity index (χ3v) is 4.31. The Morgan fingerprint density at radius 1 is 1.36 bits per heavy atom. The Hall–Kier alpha value is -1.46. The molecule has 1 heterocycles. The van der Waals surface area contributed by atoms with Crippen molar-refractivity contribution in [1.82, 2.24) is 10.3 Å². The number of aryl methyl sites for hydroxylation is 1. The van der Waals surface area contributed by atoms with Gasteiger partial charge in [0, 0.05) is 25.9 Å². The first-order chi connectivity index (χ1) is 10.7. The topological polar surface area (TPSA) is 71.5 Å². The zero-order chi connectivity index (χ0) is 15.8. The van der Waals surface area contributed by atoms with Gasteiger partial charge in [-0.15, -0.1) is 0 Å². The molecule has 122 valence electrons. The Labute approximate surface area is 132 Å². The number of carbonyl (C=O) groups excluding carboxylic acids is 1. The summed E-state index contributed by atoms with van der Waals surface area (Å²) in [6.07, 6.45) is 8.59. The molecular weight excluding hydrogens is 280 g/mol. The summed E-state index contributed by atoms with van der Waals surface area (Å²) in [4.78, 5) is 16.1. The molecule has 1 aliphatic carbocycles. The number of ether oxygens (including phenoxy) is 1. The molecule has 5 heteroatoms. The lowest BCUT2D eigenvalue weighted by Gasteiger charge is -2.27. The number of hydrogen-bond acceptors (Lipinski definition) is 4. The van der Waals surface area contributed by atoms with Gasteiger partial charge in [0.1, 0.15) is 6.10 Å². The highest BCUT2D eigenvalue weighted by Crippen LogP contribution is 2.21. The van der Waals surface area contributed by atoms with Crippen LogP contribution in [0.3, 0.4) is 0 Å². The van der Waals surface area contributed by atoms with Crippen molar-refractivity contribution in [3.63, 3.8) is 0 Å². The zero-order valence-corrected chi connectivity index (χ0v) is 13.2. The first-order valence-corrected chi connectivity index (χ1v) is 8.10. The number of methoxy groups -OCH3 is 1. The molecular formula is C17H26N2O3. The summed E-state index contributed by atoms with van der Waals surface area (Å²) in [6.45, 7) is 0. The van der Waals surface area contributed by atoms with Crippen molar-refractivity contribution in [3.8, 4) is 0 Å². The van der Waals surface area contributed by atoms with E-state index in [1.54, 1.807) is 19.5 Å². The van der Waals surface area contributed by atoms with Crippen molar-refractivity contribution in [2.45, 2.75) is 63.2 Å². The molecule has 0 saturated heterocycles. The van der Waals surface area contributed by atoms with Crippen molar-refractivity contribution in [2.24, 2.45) is 0 Å². The van der Waals surface area contributed by atoms with Crippen LogP contribution in [0.5, 0.6) is 0 Å². The fourth-order valence-electron chi connectivity index (χ4n) is 3.01. The summed E-state index contributed by atoms with van der Waals surface area (Å²) in [5.74, 6) is 0.00913. The number of aliphatic hydroxyl groups excluding tert-OH is 1. The van der Waals surface area contributed by atoms with Gasteiger partial charge in [0.2, 0.25) is 5.91 Å². The maximum absolute atomic E-state index is 12.1. The van der Waals surface area contributed by atoms with Gasteiger partial charge in [0.15, 0.2) is 0 Å². The highest BCUT2D eigenvalue weighted by Gasteiger charge is 2.30. The molecule has 1 aromatic heterocycles. The van der Waals surface area contributed by atoms with E-state index in [4.69, 9.17) is 4.74 Å². The lowest BCUT2D eigenvalue weighted by Crippen LogP contribution is -2.48. The maximum atomic E-state index is 12.1. The fraction of sp³-hybridized carbons (Fsp3) is 0.647. The number of nitrogens with one attached hydrogen (secondary N) is 1. The van der Waals surface area contributed by atoms with Crippen LogP contribution in [0.25, 0.3) is 0 Å². The number of rotatable bonds is 6. The van der Waals surface area contributed by atoms with Crippen LogP contribution in [0.1, 0.15) is 44.1 Å². The Morgan fingerprint density at radius 3 is 2.82 bits per heavy atom. The predicted molar refractivity (Wildman–Crippen MR) is 84.4 cm³/mol. The van der Waals surface area contributed by atoms with E-state index < -0.39 is 6.10 Å². The standard InChI is InChI=1S/C17H26N2O3/c1-22-15-7-3-2-6-14(17(15)21)19-16(20)8-4-5-13-9-11-18-12-10-13/h9-12,14-15,17,21H,2-8H2,1H3,(H,19,20)/t14-,15-,17-/m1/s1. The number of aromatic nitrogens is 1. The molecule has 5 nitrogen and oxygen atoms in total. The molecule has 1 aliphatic rings. The average Bonchev–Trinajstić information content (AvgIpc) is 2.70. The summed E-state index contributed by atoms with van der Waals surface area (Å²) in [6, 6.07) is 3.74. The molecule has 2 rings (SSSR count). The molecule has 3 atom stereocenters. The van der Waals surface area contributed by atoms with Crippen LogP contribution in [0, 0.1) is 0 Å². The van der Waals surface area contributed by atoms with E-state index in [1.807, 2.05) is 12.1 Å². The number of hydrogen-bond donors (Lipinski definition) is 2. The van der Waals surface area contributed by atoms with Gasteiger partial charge in [-0.25, -0.2) is 0 Å². The normalized spacial score (nSPS) is 25.5. The molecule has 2 N–H and O–H groups in total. The van der Waals surface area contributed by atoms with Crippen LogP contribution in [-0.4, -0.2) is 41.4 Å². The second-order valence-corrected chi connectivity index (χ2v) is 5.93. The molecule has 0 radical (unpaired) electrons. The van der Waals surface area contributed by atoms with Crippen molar-refractivity contribution in [2.75, 3.05) is 7.11 Å². The van der Waals surface area contributed by atoms with E-state index in [9.17, 15) is 9.90 Å². The smallest absolute Gasteiger partial charge is 0.220 e. The molecule has 0 unspecified atom stereocenters.